The topological polar surface area (TPSA) is 106 Å². The lowest BCUT2D eigenvalue weighted by molar-refractivity contribution is -0.127. The third-order valence-electron chi connectivity index (χ3n) is 4.26. The minimum atomic E-state index is -0.858. The highest BCUT2D eigenvalue weighted by Gasteiger charge is 2.45. The van der Waals surface area contributed by atoms with Crippen LogP contribution in [0, 0.1) is 5.41 Å². The van der Waals surface area contributed by atoms with Crippen molar-refractivity contribution in [1.82, 2.24) is 15.1 Å². The predicted octanol–water partition coefficient (Wildman–Crippen LogP) is 0.905. The predicted molar refractivity (Wildman–Crippen MR) is 78.7 cm³/mol. The van der Waals surface area contributed by atoms with Crippen LogP contribution in [0.2, 0.25) is 0 Å². The second-order valence-electron chi connectivity index (χ2n) is 5.59. The fourth-order valence-corrected chi connectivity index (χ4v) is 3.05. The number of nitrogens with one attached hydrogen (secondary N) is 1. The first-order valence-electron chi connectivity index (χ1n) is 7.31. The van der Waals surface area contributed by atoms with Crippen LogP contribution in [0.5, 0.6) is 0 Å². The van der Waals surface area contributed by atoms with Gasteiger partial charge in [0.15, 0.2) is 5.84 Å². The average molecular weight is 293 g/mol. The quantitative estimate of drug-likeness (QED) is 0.324. The van der Waals surface area contributed by atoms with Crippen LogP contribution < -0.4 is 11.1 Å². The number of amidine groups is 1. The molecule has 1 aliphatic carbocycles. The van der Waals surface area contributed by atoms with Crippen molar-refractivity contribution in [3.63, 3.8) is 0 Å². The van der Waals surface area contributed by atoms with Crippen LogP contribution in [0.3, 0.4) is 0 Å². The molecule has 0 spiro atoms. The lowest BCUT2D eigenvalue weighted by Crippen LogP contribution is -2.48. The zero-order chi connectivity index (χ0) is 15.5. The lowest BCUT2D eigenvalue weighted by Gasteiger charge is -2.25. The molecule has 1 aromatic heterocycles. The number of carbonyl (C=O) groups excluding carboxylic acids is 1. The van der Waals surface area contributed by atoms with Gasteiger partial charge in [-0.15, -0.1) is 0 Å². The fourth-order valence-electron chi connectivity index (χ4n) is 3.05. The van der Waals surface area contributed by atoms with Crippen molar-refractivity contribution in [3.05, 3.63) is 17.5 Å². The van der Waals surface area contributed by atoms with Crippen molar-refractivity contribution in [2.45, 2.75) is 45.6 Å². The summed E-state index contributed by atoms with van der Waals surface area (Å²) in [4.78, 5) is 12.5. The molecule has 1 fully saturated rings. The van der Waals surface area contributed by atoms with Gasteiger partial charge in [0, 0.05) is 25.4 Å². The number of rotatable bonds is 5. The van der Waals surface area contributed by atoms with E-state index in [-0.39, 0.29) is 11.7 Å². The molecule has 21 heavy (non-hydrogen) atoms. The molecule has 1 aromatic rings. The minimum Gasteiger partial charge on any atom is -0.409 e. The van der Waals surface area contributed by atoms with Gasteiger partial charge in [-0.1, -0.05) is 24.9 Å². The molecule has 0 aromatic carbocycles. The fraction of sp³-hybridized carbons (Fsp3) is 0.643. The maximum Gasteiger partial charge on any atom is 0.234 e. The van der Waals surface area contributed by atoms with Crippen LogP contribution in [0.1, 0.15) is 43.9 Å². The molecule has 0 radical (unpaired) electrons. The standard InChI is InChI=1S/C14H23N5O2/c1-3-11-10(9-19(2)17-11)8-16-13(20)14(12(15)18-21)6-4-5-7-14/h9,21H,3-8H2,1-2H3,(H2,15,18)(H,16,20). The number of amides is 1. The van der Waals surface area contributed by atoms with Crippen LogP contribution in [0.25, 0.3) is 0 Å². The number of aromatic nitrogens is 2. The molecule has 0 saturated heterocycles. The first kappa shape index (κ1) is 15.3. The van der Waals surface area contributed by atoms with Gasteiger partial charge >= 0.3 is 0 Å². The molecule has 1 aliphatic rings. The number of hydrogen-bond acceptors (Lipinski definition) is 4. The molecule has 2 rings (SSSR count). The van der Waals surface area contributed by atoms with Gasteiger partial charge in [-0.05, 0) is 19.3 Å². The van der Waals surface area contributed by atoms with Gasteiger partial charge in [-0.3, -0.25) is 9.48 Å². The van der Waals surface area contributed by atoms with Crippen molar-refractivity contribution in [2.75, 3.05) is 0 Å². The monoisotopic (exact) mass is 293 g/mol. The van der Waals surface area contributed by atoms with Gasteiger partial charge in [-0.25, -0.2) is 0 Å². The number of carbonyl (C=O) groups is 1. The first-order chi connectivity index (χ1) is 10.0. The Morgan fingerprint density at radius 1 is 1.57 bits per heavy atom. The highest BCUT2D eigenvalue weighted by molar-refractivity contribution is 6.07. The van der Waals surface area contributed by atoms with E-state index in [0.29, 0.717) is 19.4 Å². The van der Waals surface area contributed by atoms with Crippen molar-refractivity contribution < 1.29 is 10.0 Å². The van der Waals surface area contributed by atoms with E-state index in [4.69, 9.17) is 10.9 Å². The van der Waals surface area contributed by atoms with Gasteiger partial charge in [0.25, 0.3) is 0 Å². The average Bonchev–Trinajstić information content (AvgIpc) is 3.11. The Morgan fingerprint density at radius 3 is 2.81 bits per heavy atom. The van der Waals surface area contributed by atoms with Gasteiger partial charge < -0.3 is 16.3 Å². The normalized spacial score (nSPS) is 17.9. The van der Waals surface area contributed by atoms with E-state index in [2.05, 4.69) is 15.6 Å². The summed E-state index contributed by atoms with van der Waals surface area (Å²) in [5.41, 5.74) is 6.88. The summed E-state index contributed by atoms with van der Waals surface area (Å²) in [5, 5.41) is 19.3. The summed E-state index contributed by atoms with van der Waals surface area (Å²) in [6.07, 6.45) is 5.81. The SMILES string of the molecule is CCc1nn(C)cc1CNC(=O)C1(/C(N)=N/O)CCCC1. The van der Waals surface area contributed by atoms with Crippen molar-refractivity contribution >= 4 is 11.7 Å². The Bertz CT molecular complexity index is 544. The van der Waals surface area contributed by atoms with Crippen molar-refractivity contribution in [1.29, 1.82) is 0 Å². The molecule has 1 amide bonds. The minimum absolute atomic E-state index is 0.0133. The molecule has 116 valence electrons. The molecule has 0 aliphatic heterocycles. The summed E-state index contributed by atoms with van der Waals surface area (Å²) in [6, 6.07) is 0. The second kappa shape index (κ2) is 6.15. The largest absolute Gasteiger partial charge is 0.409 e. The smallest absolute Gasteiger partial charge is 0.234 e. The summed E-state index contributed by atoms with van der Waals surface area (Å²) < 4.78 is 1.75. The molecule has 7 nitrogen and oxygen atoms in total. The van der Waals surface area contributed by atoms with E-state index in [1.807, 2.05) is 20.2 Å². The van der Waals surface area contributed by atoms with E-state index in [1.54, 1.807) is 4.68 Å². The Balaban J connectivity index is 2.10. The first-order valence-corrected chi connectivity index (χ1v) is 7.31. The van der Waals surface area contributed by atoms with E-state index in [0.717, 1.165) is 30.5 Å². The third-order valence-corrected chi connectivity index (χ3v) is 4.26. The number of hydrogen-bond donors (Lipinski definition) is 3. The van der Waals surface area contributed by atoms with E-state index in [9.17, 15) is 4.79 Å². The molecular weight excluding hydrogens is 270 g/mol. The summed E-state index contributed by atoms with van der Waals surface area (Å²) in [7, 11) is 1.86. The molecule has 1 heterocycles. The van der Waals surface area contributed by atoms with Crippen LogP contribution in [-0.2, 0) is 24.8 Å². The van der Waals surface area contributed by atoms with Crippen molar-refractivity contribution in [2.24, 2.45) is 23.4 Å². The van der Waals surface area contributed by atoms with E-state index in [1.165, 1.54) is 0 Å². The van der Waals surface area contributed by atoms with Crippen LogP contribution in [0.4, 0.5) is 0 Å². The second-order valence-corrected chi connectivity index (χ2v) is 5.59. The molecule has 4 N–H and O–H groups in total. The molecular formula is C14H23N5O2. The van der Waals surface area contributed by atoms with Crippen molar-refractivity contribution in [3.8, 4) is 0 Å². The number of aryl methyl sites for hydroxylation is 2. The van der Waals surface area contributed by atoms with Gasteiger partial charge in [-0.2, -0.15) is 5.10 Å². The molecule has 7 heteroatoms. The van der Waals surface area contributed by atoms with Crippen LogP contribution in [-0.4, -0.2) is 26.7 Å². The molecule has 1 saturated carbocycles. The Morgan fingerprint density at radius 2 is 2.24 bits per heavy atom. The lowest BCUT2D eigenvalue weighted by atomic mass is 9.83. The Kier molecular flexibility index (Phi) is 4.50. The van der Waals surface area contributed by atoms with E-state index < -0.39 is 5.41 Å². The summed E-state index contributed by atoms with van der Waals surface area (Å²) in [6.45, 7) is 2.44. The highest BCUT2D eigenvalue weighted by Crippen LogP contribution is 2.38. The highest BCUT2D eigenvalue weighted by atomic mass is 16.4. The van der Waals surface area contributed by atoms with E-state index >= 15 is 0 Å². The molecule has 0 unspecified atom stereocenters. The Labute approximate surface area is 124 Å². The van der Waals surface area contributed by atoms with Gasteiger partial charge in [0.1, 0.15) is 5.41 Å². The summed E-state index contributed by atoms with van der Waals surface area (Å²) >= 11 is 0. The third kappa shape index (κ3) is 2.86. The molecule has 0 atom stereocenters. The maximum absolute atomic E-state index is 12.5. The number of nitrogens with zero attached hydrogens (tertiary/aromatic N) is 3. The van der Waals surface area contributed by atoms with Crippen LogP contribution in [0.15, 0.2) is 11.4 Å². The number of oxime groups is 1. The maximum atomic E-state index is 12.5. The zero-order valence-electron chi connectivity index (χ0n) is 12.6. The zero-order valence-corrected chi connectivity index (χ0v) is 12.6. The summed E-state index contributed by atoms with van der Waals surface area (Å²) in [5.74, 6) is -0.152. The van der Waals surface area contributed by atoms with Crippen LogP contribution >= 0.6 is 0 Å². The number of nitrogens with two attached hydrogens (primary N) is 1. The molecule has 0 bridgehead atoms. The van der Waals surface area contributed by atoms with Gasteiger partial charge in [0.05, 0.1) is 5.69 Å². The van der Waals surface area contributed by atoms with Gasteiger partial charge in [0.2, 0.25) is 5.91 Å². The Hall–Kier alpha value is -2.05.